The normalized spacial score (nSPS) is 18.4. The number of carboxylic acids is 2. The fourth-order valence-electron chi connectivity index (χ4n) is 4.70. The number of hydrogen-bond donors (Lipinski definition) is 4. The highest BCUT2D eigenvalue weighted by Gasteiger charge is 2.32. The molecule has 0 radical (unpaired) electrons. The van der Waals surface area contributed by atoms with Gasteiger partial charge in [-0.15, -0.1) is 11.8 Å². The van der Waals surface area contributed by atoms with Crippen molar-refractivity contribution < 1.29 is 39.2 Å². The molecule has 1 fully saturated rings. The third-order valence-corrected chi connectivity index (χ3v) is 8.10. The molecule has 222 valence electrons. The van der Waals surface area contributed by atoms with Crippen molar-refractivity contribution in [2.24, 2.45) is 0 Å². The zero-order valence-corrected chi connectivity index (χ0v) is 23.9. The molecule has 1 aliphatic rings. The van der Waals surface area contributed by atoms with Gasteiger partial charge >= 0.3 is 11.9 Å². The Bertz CT molecular complexity index is 1360. The van der Waals surface area contributed by atoms with E-state index >= 15 is 0 Å². The first-order chi connectivity index (χ1) is 20.3. The van der Waals surface area contributed by atoms with Crippen LogP contribution in [0, 0.1) is 0 Å². The Balaban J connectivity index is 1.46. The summed E-state index contributed by atoms with van der Waals surface area (Å²) in [5.74, 6) is -1.46. The van der Waals surface area contributed by atoms with E-state index in [0.717, 1.165) is 16.7 Å². The molecule has 0 unspecified atom stereocenters. The summed E-state index contributed by atoms with van der Waals surface area (Å²) in [5.41, 5.74) is 3.31. The van der Waals surface area contributed by atoms with Crippen molar-refractivity contribution in [3.05, 3.63) is 95.1 Å². The molecule has 0 aliphatic carbocycles. The largest absolute Gasteiger partial charge is 0.481 e. The molecule has 9 nitrogen and oxygen atoms in total. The minimum Gasteiger partial charge on any atom is -0.481 e. The first kappa shape index (κ1) is 31.2. The summed E-state index contributed by atoms with van der Waals surface area (Å²) in [6.07, 6.45) is 1.47. The van der Waals surface area contributed by atoms with E-state index in [1.54, 1.807) is 24.3 Å². The van der Waals surface area contributed by atoms with Gasteiger partial charge in [-0.1, -0.05) is 55.0 Å². The Labute approximate surface area is 248 Å². The van der Waals surface area contributed by atoms with Crippen molar-refractivity contribution in [3.63, 3.8) is 0 Å². The molecule has 4 rings (SSSR count). The number of aromatic carboxylic acids is 1. The van der Waals surface area contributed by atoms with E-state index in [4.69, 9.17) is 14.6 Å². The smallest absolute Gasteiger partial charge is 0.336 e. The van der Waals surface area contributed by atoms with Crippen LogP contribution in [-0.4, -0.2) is 45.0 Å². The summed E-state index contributed by atoms with van der Waals surface area (Å²) in [6.45, 7) is -0.0549. The first-order valence-electron chi connectivity index (χ1n) is 13.9. The molecule has 0 bridgehead atoms. The molecule has 10 heteroatoms. The van der Waals surface area contributed by atoms with Crippen LogP contribution in [0.5, 0.6) is 0 Å². The van der Waals surface area contributed by atoms with Gasteiger partial charge in [-0.2, -0.15) is 0 Å². The number of anilines is 1. The van der Waals surface area contributed by atoms with Crippen LogP contribution in [-0.2, 0) is 25.7 Å². The van der Waals surface area contributed by atoms with Crippen LogP contribution < -0.4 is 5.32 Å². The van der Waals surface area contributed by atoms with E-state index in [2.05, 4.69) is 5.32 Å². The number of aliphatic hydroxyl groups excluding tert-OH is 1. The zero-order valence-electron chi connectivity index (χ0n) is 23.1. The molecule has 4 N–H and O–H groups in total. The van der Waals surface area contributed by atoms with E-state index < -0.39 is 18.2 Å². The lowest BCUT2D eigenvalue weighted by Gasteiger charge is -2.36. The lowest BCUT2D eigenvalue weighted by atomic mass is 10.0. The Hall–Kier alpha value is -3.70. The lowest BCUT2D eigenvalue weighted by Crippen LogP contribution is -2.31. The van der Waals surface area contributed by atoms with Crippen LogP contribution in [0.3, 0.4) is 0 Å². The first-order valence-corrected chi connectivity index (χ1v) is 14.9. The number of nitrogens with one attached hydrogen (secondary N) is 1. The van der Waals surface area contributed by atoms with Gasteiger partial charge in [-0.3, -0.25) is 9.59 Å². The fraction of sp³-hybridized carbons (Fsp3) is 0.344. The summed E-state index contributed by atoms with van der Waals surface area (Å²) >= 11 is 1.42. The van der Waals surface area contributed by atoms with Crippen molar-refractivity contribution in [1.82, 2.24) is 0 Å². The molecule has 42 heavy (non-hydrogen) atoms. The Kier molecular flexibility index (Phi) is 11.5. The van der Waals surface area contributed by atoms with Gasteiger partial charge in [0.05, 0.1) is 24.4 Å². The number of carbonyl (C=O) groups is 3. The minimum atomic E-state index is -0.982. The number of carboxylic acid groups (broad SMARTS) is 2. The standard InChI is InChI=1S/C32H35NO8S/c34-19-21-13-15-22(16-14-21)27-18-25(20-42-28-10-5-4-9-26(28)31(38)39)40-32(41-27)23-7-6-8-24(17-23)33-29(35)11-2-1-3-12-30(36)37/h4-10,13-17,25,27,32,34H,1-3,11-12,18-20H2,(H,33,35)(H,36,37)(H,38,39)/t25-,27+,32+/m1/s1. The maximum atomic E-state index is 12.5. The Morgan fingerprint density at radius 3 is 2.36 bits per heavy atom. The molecular formula is C32H35NO8S. The van der Waals surface area contributed by atoms with Gasteiger partial charge in [0, 0.05) is 41.2 Å². The van der Waals surface area contributed by atoms with Crippen molar-refractivity contribution in [3.8, 4) is 0 Å². The van der Waals surface area contributed by atoms with Gasteiger partial charge in [-0.05, 0) is 48.2 Å². The summed E-state index contributed by atoms with van der Waals surface area (Å²) in [4.78, 5) is 35.5. The van der Waals surface area contributed by atoms with Crippen LogP contribution in [0.25, 0.3) is 0 Å². The second-order valence-corrected chi connectivity index (χ2v) is 11.2. The molecular weight excluding hydrogens is 558 g/mol. The summed E-state index contributed by atoms with van der Waals surface area (Å²) in [7, 11) is 0. The molecule has 1 heterocycles. The highest BCUT2D eigenvalue weighted by molar-refractivity contribution is 7.99. The van der Waals surface area contributed by atoms with Crippen LogP contribution in [0.2, 0.25) is 0 Å². The third kappa shape index (κ3) is 9.15. The number of unbranched alkanes of at least 4 members (excludes halogenated alkanes) is 2. The van der Waals surface area contributed by atoms with Crippen LogP contribution in [0.15, 0.2) is 77.7 Å². The van der Waals surface area contributed by atoms with Crippen molar-refractivity contribution in [2.75, 3.05) is 11.1 Å². The molecule has 3 aromatic carbocycles. The van der Waals surface area contributed by atoms with Crippen molar-refractivity contribution >= 4 is 35.3 Å². The van der Waals surface area contributed by atoms with Crippen LogP contribution in [0.4, 0.5) is 5.69 Å². The van der Waals surface area contributed by atoms with Gasteiger partial charge in [0.1, 0.15) is 0 Å². The van der Waals surface area contributed by atoms with E-state index in [0.29, 0.717) is 48.4 Å². The molecule has 1 saturated heterocycles. The number of amides is 1. The van der Waals surface area contributed by atoms with Gasteiger partial charge in [0.25, 0.3) is 0 Å². The summed E-state index contributed by atoms with van der Waals surface area (Å²) < 4.78 is 12.8. The van der Waals surface area contributed by atoms with Gasteiger partial charge in [0.2, 0.25) is 5.91 Å². The molecule has 3 atom stereocenters. The van der Waals surface area contributed by atoms with Gasteiger partial charge in [0.15, 0.2) is 6.29 Å². The lowest BCUT2D eigenvalue weighted by molar-refractivity contribution is -0.245. The van der Waals surface area contributed by atoms with E-state index in [-0.39, 0.29) is 36.7 Å². The topological polar surface area (TPSA) is 142 Å². The quantitative estimate of drug-likeness (QED) is 0.127. The fourth-order valence-corrected chi connectivity index (χ4v) is 5.77. The minimum absolute atomic E-state index is 0.0549. The molecule has 0 spiro atoms. The number of hydrogen-bond acceptors (Lipinski definition) is 7. The SMILES string of the molecule is O=C(O)CCCCCC(=O)Nc1cccc([C@H]2O[C@@H](CSc3ccccc3C(=O)O)C[C@@H](c3ccc(CO)cc3)O2)c1. The molecule has 3 aromatic rings. The van der Waals surface area contributed by atoms with Gasteiger partial charge < -0.3 is 30.1 Å². The Morgan fingerprint density at radius 2 is 1.62 bits per heavy atom. The van der Waals surface area contributed by atoms with Crippen LogP contribution >= 0.6 is 11.8 Å². The van der Waals surface area contributed by atoms with Crippen molar-refractivity contribution in [1.29, 1.82) is 0 Å². The summed E-state index contributed by atoms with van der Waals surface area (Å²) in [5, 5.41) is 30.7. The highest BCUT2D eigenvalue weighted by Crippen LogP contribution is 2.40. The maximum Gasteiger partial charge on any atom is 0.336 e. The average molecular weight is 594 g/mol. The van der Waals surface area contributed by atoms with Crippen molar-refractivity contribution in [2.45, 2.75) is 68.5 Å². The van der Waals surface area contributed by atoms with Crippen LogP contribution in [0.1, 0.15) is 78.0 Å². The van der Waals surface area contributed by atoms with E-state index in [1.807, 2.05) is 48.5 Å². The zero-order chi connectivity index (χ0) is 29.9. The molecule has 1 amide bonds. The maximum absolute atomic E-state index is 12.5. The number of aliphatic hydroxyl groups is 1. The number of aliphatic carboxylic acids is 1. The second kappa shape index (κ2) is 15.5. The van der Waals surface area contributed by atoms with E-state index in [9.17, 15) is 24.6 Å². The number of carbonyl (C=O) groups excluding carboxylic acids is 1. The predicted octanol–water partition coefficient (Wildman–Crippen LogP) is 6.19. The van der Waals surface area contributed by atoms with Gasteiger partial charge in [-0.25, -0.2) is 4.79 Å². The third-order valence-electron chi connectivity index (χ3n) is 6.89. The van der Waals surface area contributed by atoms with E-state index in [1.165, 1.54) is 11.8 Å². The molecule has 1 aliphatic heterocycles. The monoisotopic (exact) mass is 593 g/mol. The molecule has 0 saturated carbocycles. The second-order valence-electron chi connectivity index (χ2n) is 10.1. The Morgan fingerprint density at radius 1 is 0.857 bits per heavy atom. The number of rotatable bonds is 14. The molecule has 0 aromatic heterocycles. The average Bonchev–Trinajstić information content (AvgIpc) is 3.00. The number of ether oxygens (including phenoxy) is 2. The number of benzene rings is 3. The summed E-state index contributed by atoms with van der Waals surface area (Å²) in [6, 6.07) is 21.7. The number of thioether (sulfide) groups is 1. The highest BCUT2D eigenvalue weighted by atomic mass is 32.2. The predicted molar refractivity (Wildman–Crippen MR) is 158 cm³/mol.